The molecule has 1 saturated heterocycles. The number of carboxylic acids is 2. The van der Waals surface area contributed by atoms with Gasteiger partial charge >= 0.3 is 11.9 Å². The van der Waals surface area contributed by atoms with Crippen LogP contribution in [0.25, 0.3) is 0 Å². The molecule has 1 aliphatic rings. The normalized spacial score (nSPS) is 16.3. The number of phenols is 1. The Kier molecular flexibility index (Phi) is 31.0. The second kappa shape index (κ2) is 37.9. The number of hydrogen-bond donors (Lipinski definition) is 15. The average Bonchev–Trinajstić information content (AvgIpc) is 1.58. The van der Waals surface area contributed by atoms with Crippen molar-refractivity contribution in [1.29, 1.82) is 0 Å². The van der Waals surface area contributed by atoms with E-state index >= 15 is 0 Å². The Morgan fingerprint density at radius 3 is 1.59 bits per heavy atom. The van der Waals surface area contributed by atoms with Gasteiger partial charge < -0.3 is 84.6 Å². The predicted molar refractivity (Wildman–Crippen MR) is 342 cm³/mol. The summed E-state index contributed by atoms with van der Waals surface area (Å²) in [6, 6.07) is 9.12. The minimum atomic E-state index is -1.84. The summed E-state index contributed by atoms with van der Waals surface area (Å²) >= 11 is 0. The number of phenolic OH excluding ortho intramolecular Hbond substituents is 1. The van der Waals surface area contributed by atoms with Crippen LogP contribution in [-0.4, -0.2) is 182 Å². The van der Waals surface area contributed by atoms with Crippen molar-refractivity contribution >= 4 is 76.9 Å². The van der Waals surface area contributed by atoms with Crippen LogP contribution in [0.5, 0.6) is 5.75 Å². The number of benzene rings is 3. The second-order valence-corrected chi connectivity index (χ2v) is 24.4. The highest BCUT2D eigenvalue weighted by Crippen LogP contribution is 2.23. The van der Waals surface area contributed by atoms with E-state index in [2.05, 4.69) is 47.9 Å². The molecule has 1 aliphatic heterocycles. The molecule has 1 heterocycles. The molecule has 0 spiro atoms. The topological polar surface area (TPSA) is 466 Å². The van der Waals surface area contributed by atoms with E-state index in [4.69, 9.17) is 11.5 Å². The molecule has 17 N–H and O–H groups in total. The van der Waals surface area contributed by atoms with Gasteiger partial charge in [0.2, 0.25) is 65.0 Å². The highest BCUT2D eigenvalue weighted by Gasteiger charge is 2.42. The summed E-state index contributed by atoms with van der Waals surface area (Å²) in [5, 5.41) is 63.0. The molecule has 0 radical (unpaired) electrons. The molecule has 1 fully saturated rings. The fourth-order valence-electron chi connectivity index (χ4n) is 10.3. The van der Waals surface area contributed by atoms with Gasteiger partial charge in [-0.1, -0.05) is 121 Å². The highest BCUT2D eigenvalue weighted by atomic mass is 16.4. The third kappa shape index (κ3) is 25.2. The van der Waals surface area contributed by atoms with Gasteiger partial charge in [-0.15, -0.1) is 0 Å². The number of aromatic hydroxyl groups is 1. The first kappa shape index (κ1) is 76.9. The lowest BCUT2D eigenvalue weighted by Crippen LogP contribution is -2.62. The molecule has 3 aromatic rings. The van der Waals surface area contributed by atoms with Gasteiger partial charge in [-0.2, -0.15) is 0 Å². The number of carboxylic acid groups (broad SMARTS) is 2. The largest absolute Gasteiger partial charge is 0.508 e. The maximum atomic E-state index is 14.6. The third-order valence-electron chi connectivity index (χ3n) is 15.8. The van der Waals surface area contributed by atoms with Crippen LogP contribution in [0.3, 0.4) is 0 Å². The van der Waals surface area contributed by atoms with E-state index in [0.717, 1.165) is 5.56 Å². The number of carbonyl (C=O) groups is 13. The van der Waals surface area contributed by atoms with Gasteiger partial charge in [0.1, 0.15) is 60.1 Å². The van der Waals surface area contributed by atoms with Crippen molar-refractivity contribution in [3.05, 3.63) is 102 Å². The van der Waals surface area contributed by atoms with Gasteiger partial charge in [-0.3, -0.25) is 57.5 Å². The van der Waals surface area contributed by atoms with Crippen molar-refractivity contribution in [2.75, 3.05) is 13.1 Å². The standard InChI is InChI=1S/C65H92N12O17/c1-8-37(6)54(75-61(89)49-20-15-29-77(49)64(92)53(36(4)5)74-56(84)43(66)31-39-16-11-9-12-17-39)62(90)73-48(32-40-18-13-10-14-19-40)60(88)76-55(38(7)78)63(91)72-47(33-41-21-23-42(79)24-22-41)57(85)68-34-51(81)69-44(26-28-52(82)83)58(86)71-46(30-35(2)3)59(87)70-45(65(93)94)25-27-50(67)80/h9-14,16-19,21-24,35-38,43-49,53-55,78-79H,8,15,20,25-34,66H2,1-7H3,(H2,67,80)(H,68,85)(H,69,81)(H,70,87)(H,71,86)(H,72,91)(H,73,90)(H,74,84)(H,75,89)(H,76,88)(H,82,83)(H,93,94). The summed E-state index contributed by atoms with van der Waals surface area (Å²) in [4.78, 5) is 177. The molecular formula is C65H92N12O17. The zero-order valence-electron chi connectivity index (χ0n) is 54.1. The van der Waals surface area contributed by atoms with Crippen LogP contribution in [0.1, 0.15) is 117 Å². The first-order valence-electron chi connectivity index (χ1n) is 31.4. The fraction of sp³-hybridized carbons (Fsp3) is 0.523. The van der Waals surface area contributed by atoms with Crippen molar-refractivity contribution in [2.45, 2.75) is 186 Å². The van der Waals surface area contributed by atoms with E-state index in [9.17, 15) is 82.8 Å². The Labute approximate surface area is 545 Å². The zero-order chi connectivity index (χ0) is 69.9. The van der Waals surface area contributed by atoms with Gasteiger partial charge in [0.05, 0.1) is 18.7 Å². The molecule has 0 saturated carbocycles. The molecule has 0 aromatic heterocycles. The maximum Gasteiger partial charge on any atom is 0.326 e. The Morgan fingerprint density at radius 2 is 1.05 bits per heavy atom. The number of nitrogens with one attached hydrogen (secondary N) is 9. The fourth-order valence-corrected chi connectivity index (χ4v) is 10.3. The van der Waals surface area contributed by atoms with Gasteiger partial charge in [0, 0.05) is 32.2 Å². The molecule has 514 valence electrons. The predicted octanol–water partition coefficient (Wildman–Crippen LogP) is -0.923. The van der Waals surface area contributed by atoms with E-state index in [1.165, 1.54) is 36.1 Å². The molecule has 29 heteroatoms. The SMILES string of the molecule is CCC(C)C(NC(=O)C1CCCN1C(=O)C(NC(=O)C(N)Cc1ccccc1)C(C)C)C(=O)NC(Cc1ccccc1)C(=O)NC(C(=O)NC(Cc1ccc(O)cc1)C(=O)NCC(=O)NC(CCC(=O)O)C(=O)NC(CC(C)C)C(=O)NC(CCC(N)=O)C(=O)O)C(C)O. The van der Waals surface area contributed by atoms with Crippen LogP contribution in [-0.2, 0) is 81.6 Å². The van der Waals surface area contributed by atoms with Crippen LogP contribution in [0.2, 0.25) is 0 Å². The van der Waals surface area contributed by atoms with Crippen molar-refractivity contribution in [1.82, 2.24) is 52.8 Å². The van der Waals surface area contributed by atoms with Crippen molar-refractivity contribution < 1.29 is 82.8 Å². The molecule has 94 heavy (non-hydrogen) atoms. The quantitative estimate of drug-likeness (QED) is 0.0330. The third-order valence-corrected chi connectivity index (χ3v) is 15.8. The number of carbonyl (C=O) groups excluding carboxylic acids is 11. The number of amides is 11. The minimum absolute atomic E-state index is 0.0570. The molecule has 12 atom stereocenters. The Morgan fingerprint density at radius 1 is 0.553 bits per heavy atom. The number of rotatable bonds is 38. The number of likely N-dealkylation sites (tertiary alicyclic amines) is 1. The monoisotopic (exact) mass is 1310 g/mol. The van der Waals surface area contributed by atoms with Crippen LogP contribution in [0, 0.1) is 17.8 Å². The highest BCUT2D eigenvalue weighted by molar-refractivity contribution is 5.99. The lowest BCUT2D eigenvalue weighted by Gasteiger charge is -2.33. The van der Waals surface area contributed by atoms with Gasteiger partial charge in [0.25, 0.3) is 0 Å². The van der Waals surface area contributed by atoms with Gasteiger partial charge in [0.15, 0.2) is 0 Å². The zero-order valence-corrected chi connectivity index (χ0v) is 54.1. The molecule has 4 rings (SSSR count). The summed E-state index contributed by atoms with van der Waals surface area (Å²) in [5.41, 5.74) is 13.2. The first-order valence-corrected chi connectivity index (χ1v) is 31.4. The number of nitrogens with two attached hydrogens (primary N) is 2. The molecule has 0 aliphatic carbocycles. The average molecular weight is 1310 g/mol. The van der Waals surface area contributed by atoms with E-state index in [1.807, 2.05) is 30.3 Å². The molecule has 29 nitrogen and oxygen atoms in total. The molecular weight excluding hydrogens is 1220 g/mol. The maximum absolute atomic E-state index is 14.6. The van der Waals surface area contributed by atoms with Crippen LogP contribution in [0.15, 0.2) is 84.9 Å². The van der Waals surface area contributed by atoms with Gasteiger partial charge in [-0.05, 0) is 92.0 Å². The Bertz CT molecular complexity index is 3100. The number of nitrogens with zero attached hydrogens (tertiary/aromatic N) is 1. The smallest absolute Gasteiger partial charge is 0.326 e. The summed E-state index contributed by atoms with van der Waals surface area (Å²) in [6.45, 7) is 10.8. The molecule has 11 amide bonds. The van der Waals surface area contributed by atoms with Crippen LogP contribution in [0.4, 0.5) is 0 Å². The molecule has 0 bridgehead atoms. The van der Waals surface area contributed by atoms with Crippen LogP contribution < -0.4 is 59.3 Å². The number of hydrogen-bond acceptors (Lipinski definition) is 16. The van der Waals surface area contributed by atoms with E-state index in [0.29, 0.717) is 24.0 Å². The molecule has 3 aromatic carbocycles. The first-order chi connectivity index (χ1) is 44.4. The van der Waals surface area contributed by atoms with Crippen molar-refractivity contribution in [2.24, 2.45) is 29.2 Å². The summed E-state index contributed by atoms with van der Waals surface area (Å²) in [6.07, 6.45) is -2.95. The van der Waals surface area contributed by atoms with E-state index in [1.54, 1.807) is 71.9 Å². The van der Waals surface area contributed by atoms with Crippen molar-refractivity contribution in [3.63, 3.8) is 0 Å². The number of aliphatic carboxylic acids is 2. The minimum Gasteiger partial charge on any atom is -0.508 e. The number of aliphatic hydroxyl groups is 1. The van der Waals surface area contributed by atoms with E-state index < -0.39 is 175 Å². The summed E-state index contributed by atoms with van der Waals surface area (Å²) in [7, 11) is 0. The molecule has 12 unspecified atom stereocenters. The summed E-state index contributed by atoms with van der Waals surface area (Å²) in [5.74, 6) is -13.8. The van der Waals surface area contributed by atoms with E-state index in [-0.39, 0.29) is 63.2 Å². The lowest BCUT2D eigenvalue weighted by molar-refractivity contribution is -0.143. The lowest BCUT2D eigenvalue weighted by atomic mass is 9.96. The number of aliphatic hydroxyl groups excluding tert-OH is 1. The Hall–Kier alpha value is -9.51. The van der Waals surface area contributed by atoms with Crippen LogP contribution >= 0.6 is 0 Å². The number of primary amides is 1. The Balaban J connectivity index is 1.54. The summed E-state index contributed by atoms with van der Waals surface area (Å²) < 4.78 is 0. The van der Waals surface area contributed by atoms with Crippen molar-refractivity contribution in [3.8, 4) is 5.75 Å². The second-order valence-electron chi connectivity index (χ2n) is 24.4. The van der Waals surface area contributed by atoms with Gasteiger partial charge in [-0.25, -0.2) is 4.79 Å².